The van der Waals surface area contributed by atoms with Crippen LogP contribution in [0.5, 0.6) is 0 Å². The Morgan fingerprint density at radius 2 is 1.31 bits per heavy atom. The van der Waals surface area contributed by atoms with Crippen LogP contribution in [0.3, 0.4) is 0 Å². The number of benzene rings is 1. The number of carboxylic acids is 3. The molecule has 2 aromatic rings. The van der Waals surface area contributed by atoms with Crippen molar-refractivity contribution in [1.29, 1.82) is 0 Å². The van der Waals surface area contributed by atoms with Gasteiger partial charge < -0.3 is 20.1 Å². The summed E-state index contributed by atoms with van der Waals surface area (Å²) in [6.45, 7) is 4.63. The monoisotopic (exact) mass is 711 g/mol. The number of rotatable bonds is 5. The number of halogens is 10. The van der Waals surface area contributed by atoms with E-state index >= 15 is 0 Å². The number of alkyl halides is 9. The van der Waals surface area contributed by atoms with Gasteiger partial charge in [-0.25, -0.2) is 18.8 Å². The minimum atomic E-state index is -5.08. The Morgan fingerprint density at radius 1 is 0.854 bits per heavy atom. The zero-order valence-electron chi connectivity index (χ0n) is 24.9. The standard InChI is InChI=1S/C22H28FN3O.3C2HF3O2/c1-25(16-20-4-2-3-11-24-20)21-14-22(27-17-21)9-12-26(13-10-22)15-18-5-7-19(23)8-6-18;3*3-2(4,5)1(6)7/h2-8,11,21H,9-10,12-17H2,1H3;3*(H,6,7). The maximum atomic E-state index is 13.1. The number of nitrogens with zero attached hydrogens (tertiary/aromatic N) is 3. The summed E-state index contributed by atoms with van der Waals surface area (Å²) in [6, 6.07) is 13.4. The van der Waals surface area contributed by atoms with E-state index in [9.17, 15) is 43.9 Å². The second kappa shape index (κ2) is 17.9. The van der Waals surface area contributed by atoms with Crippen molar-refractivity contribution in [3.8, 4) is 0 Å². The number of pyridine rings is 1. The van der Waals surface area contributed by atoms with E-state index in [-0.39, 0.29) is 11.4 Å². The molecule has 1 spiro atoms. The first-order valence-electron chi connectivity index (χ1n) is 13.6. The van der Waals surface area contributed by atoms with E-state index in [2.05, 4.69) is 27.9 Å². The Hall–Kier alpha value is -4.04. The molecule has 3 N–H and O–H groups in total. The highest BCUT2D eigenvalue weighted by Gasteiger charge is 2.44. The molecule has 20 heteroatoms. The van der Waals surface area contributed by atoms with Crippen LogP contribution < -0.4 is 0 Å². The molecule has 48 heavy (non-hydrogen) atoms. The molecule has 1 aromatic heterocycles. The van der Waals surface area contributed by atoms with Crippen molar-refractivity contribution in [2.45, 2.75) is 62.5 Å². The summed E-state index contributed by atoms with van der Waals surface area (Å²) in [5, 5.41) is 21.4. The highest BCUT2D eigenvalue weighted by atomic mass is 19.4. The minimum absolute atomic E-state index is 0.0301. The number of aromatic nitrogens is 1. The summed E-state index contributed by atoms with van der Waals surface area (Å²) in [5.41, 5.74) is 2.31. The third-order valence-electron chi connectivity index (χ3n) is 6.76. The van der Waals surface area contributed by atoms with E-state index < -0.39 is 36.4 Å². The molecule has 0 amide bonds. The molecule has 0 bridgehead atoms. The van der Waals surface area contributed by atoms with E-state index in [0.29, 0.717) is 6.04 Å². The van der Waals surface area contributed by atoms with Crippen molar-refractivity contribution in [3.63, 3.8) is 0 Å². The molecular weight excluding hydrogens is 680 g/mol. The van der Waals surface area contributed by atoms with E-state index in [0.717, 1.165) is 57.7 Å². The Kier molecular flexibility index (Phi) is 15.7. The smallest absolute Gasteiger partial charge is 0.475 e. The molecule has 2 aliphatic heterocycles. The van der Waals surface area contributed by atoms with Gasteiger partial charge in [-0.2, -0.15) is 39.5 Å². The fraction of sp³-hybridized carbons (Fsp3) is 0.500. The van der Waals surface area contributed by atoms with Gasteiger partial charge in [0.05, 0.1) is 17.9 Å². The van der Waals surface area contributed by atoms with Gasteiger partial charge in [0.25, 0.3) is 0 Å². The number of ether oxygens (including phenoxy) is 1. The summed E-state index contributed by atoms with van der Waals surface area (Å²) in [5.74, 6) is -8.44. The van der Waals surface area contributed by atoms with E-state index in [1.165, 1.54) is 5.56 Å². The largest absolute Gasteiger partial charge is 0.490 e. The van der Waals surface area contributed by atoms with Crippen LogP contribution in [0.1, 0.15) is 30.5 Å². The average Bonchev–Trinajstić information content (AvgIpc) is 3.39. The van der Waals surface area contributed by atoms with Crippen LogP contribution in [0, 0.1) is 5.82 Å². The lowest BCUT2D eigenvalue weighted by Crippen LogP contribution is -2.44. The van der Waals surface area contributed by atoms with Crippen molar-refractivity contribution >= 4 is 17.9 Å². The first-order chi connectivity index (χ1) is 21.9. The minimum Gasteiger partial charge on any atom is -0.475 e. The third-order valence-corrected chi connectivity index (χ3v) is 6.76. The number of carbonyl (C=O) groups is 3. The first-order valence-corrected chi connectivity index (χ1v) is 13.6. The highest BCUT2D eigenvalue weighted by molar-refractivity contribution is 5.73. The van der Waals surface area contributed by atoms with Crippen molar-refractivity contribution in [3.05, 3.63) is 65.7 Å². The Labute approximate surface area is 266 Å². The van der Waals surface area contributed by atoms with E-state index in [1.807, 2.05) is 30.5 Å². The van der Waals surface area contributed by atoms with Gasteiger partial charge in [0.1, 0.15) is 5.82 Å². The molecule has 3 heterocycles. The lowest BCUT2D eigenvalue weighted by atomic mass is 9.87. The number of likely N-dealkylation sites (tertiary alicyclic amines) is 1. The van der Waals surface area contributed by atoms with Gasteiger partial charge in [0.2, 0.25) is 0 Å². The summed E-state index contributed by atoms with van der Waals surface area (Å²) >= 11 is 0. The number of piperidine rings is 1. The summed E-state index contributed by atoms with van der Waals surface area (Å²) < 4.78 is 115. The Bertz CT molecular complexity index is 1240. The maximum Gasteiger partial charge on any atom is 0.490 e. The molecular formula is C28H31F10N3O7. The van der Waals surface area contributed by atoms with Crippen molar-refractivity contribution in [1.82, 2.24) is 14.8 Å². The molecule has 2 saturated heterocycles. The van der Waals surface area contributed by atoms with Crippen molar-refractivity contribution < 1.29 is 78.3 Å². The molecule has 0 aliphatic carbocycles. The summed E-state index contributed by atoms with van der Waals surface area (Å²) in [6.07, 6.45) is -10.2. The molecule has 4 rings (SSSR count). The van der Waals surface area contributed by atoms with Crippen LogP contribution in [0.2, 0.25) is 0 Å². The Balaban J connectivity index is 0.000000448. The van der Waals surface area contributed by atoms with Gasteiger partial charge in [-0.05, 0) is 56.1 Å². The van der Waals surface area contributed by atoms with Gasteiger partial charge in [0, 0.05) is 38.4 Å². The van der Waals surface area contributed by atoms with Crippen molar-refractivity contribution in [2.75, 3.05) is 26.7 Å². The quantitative estimate of drug-likeness (QED) is 0.347. The molecule has 2 fully saturated rings. The lowest BCUT2D eigenvalue weighted by molar-refractivity contribution is -0.193. The summed E-state index contributed by atoms with van der Waals surface area (Å²) in [4.78, 5) is 36.0. The van der Waals surface area contributed by atoms with Crippen molar-refractivity contribution in [2.24, 2.45) is 0 Å². The fourth-order valence-electron chi connectivity index (χ4n) is 4.29. The molecule has 2 aliphatic rings. The topological polar surface area (TPSA) is 140 Å². The predicted molar refractivity (Wildman–Crippen MR) is 145 cm³/mol. The normalized spacial score (nSPS) is 17.6. The van der Waals surface area contributed by atoms with Crippen LogP contribution in [0.4, 0.5) is 43.9 Å². The number of carboxylic acid groups (broad SMARTS) is 3. The average molecular weight is 712 g/mol. The molecule has 1 aromatic carbocycles. The number of likely N-dealkylation sites (N-methyl/N-ethyl adjacent to an activating group) is 1. The lowest BCUT2D eigenvalue weighted by Gasteiger charge is -2.39. The molecule has 10 nitrogen and oxygen atoms in total. The van der Waals surface area contributed by atoms with Gasteiger partial charge >= 0.3 is 36.4 Å². The van der Waals surface area contributed by atoms with Gasteiger partial charge in [-0.15, -0.1) is 0 Å². The van der Waals surface area contributed by atoms with Crippen LogP contribution in [-0.2, 0) is 32.2 Å². The molecule has 1 unspecified atom stereocenters. The van der Waals surface area contributed by atoms with Crippen LogP contribution in [0.15, 0.2) is 48.7 Å². The summed E-state index contributed by atoms with van der Waals surface area (Å²) in [7, 11) is 2.17. The molecule has 0 radical (unpaired) electrons. The third kappa shape index (κ3) is 15.7. The predicted octanol–water partition coefficient (Wildman–Crippen LogP) is 5.38. The molecule has 0 saturated carbocycles. The SMILES string of the molecule is CN(Cc1ccccn1)C1COC2(CCN(Cc3ccc(F)cc3)CC2)C1.O=C(O)C(F)(F)F.O=C(O)C(F)(F)F.O=C(O)C(F)(F)F. The second-order valence-electron chi connectivity index (χ2n) is 10.4. The zero-order valence-corrected chi connectivity index (χ0v) is 24.9. The van der Waals surface area contributed by atoms with Gasteiger partial charge in [0.15, 0.2) is 0 Å². The number of aliphatic carboxylic acids is 3. The first kappa shape index (κ1) is 42.0. The Morgan fingerprint density at radius 3 is 1.71 bits per heavy atom. The van der Waals surface area contributed by atoms with E-state index in [1.54, 1.807) is 12.1 Å². The van der Waals surface area contributed by atoms with Crippen LogP contribution in [-0.4, -0.2) is 105 Å². The van der Waals surface area contributed by atoms with Gasteiger partial charge in [-0.1, -0.05) is 18.2 Å². The van der Waals surface area contributed by atoms with Crippen LogP contribution in [0.25, 0.3) is 0 Å². The molecule has 270 valence electrons. The zero-order chi connectivity index (χ0) is 36.9. The fourth-order valence-corrected chi connectivity index (χ4v) is 4.29. The molecule has 1 atom stereocenters. The van der Waals surface area contributed by atoms with Crippen LogP contribution >= 0.6 is 0 Å². The highest BCUT2D eigenvalue weighted by Crippen LogP contribution is 2.38. The van der Waals surface area contributed by atoms with Gasteiger partial charge in [-0.3, -0.25) is 14.8 Å². The van der Waals surface area contributed by atoms with E-state index in [4.69, 9.17) is 34.4 Å². The number of hydrogen-bond acceptors (Lipinski definition) is 7. The number of hydrogen-bond donors (Lipinski definition) is 3. The maximum absolute atomic E-state index is 13.1. The second-order valence-corrected chi connectivity index (χ2v) is 10.4.